The van der Waals surface area contributed by atoms with Crippen LogP contribution in [0.3, 0.4) is 0 Å². The first-order valence-corrected chi connectivity index (χ1v) is 7.63. The molecular weight excluding hydrogens is 312 g/mol. The van der Waals surface area contributed by atoms with Crippen LogP contribution in [-0.2, 0) is 5.41 Å². The third-order valence-corrected chi connectivity index (χ3v) is 4.25. The van der Waals surface area contributed by atoms with Crippen LogP contribution in [0.2, 0.25) is 5.02 Å². The van der Waals surface area contributed by atoms with Gasteiger partial charge in [-0.05, 0) is 11.6 Å². The molecule has 1 aromatic carbocycles. The number of benzene rings is 1. The van der Waals surface area contributed by atoms with E-state index in [2.05, 4.69) is 37.0 Å². The number of allylic oxidation sites excluding steroid dienone is 1. The van der Waals surface area contributed by atoms with Gasteiger partial charge in [-0.1, -0.05) is 50.6 Å². The molecule has 23 heavy (non-hydrogen) atoms. The number of nitrogens with two attached hydrogens (primary N) is 1. The van der Waals surface area contributed by atoms with Crippen LogP contribution >= 0.6 is 11.6 Å². The lowest BCUT2D eigenvalue weighted by Gasteiger charge is -2.27. The van der Waals surface area contributed by atoms with Crippen molar-refractivity contribution >= 4 is 11.6 Å². The van der Waals surface area contributed by atoms with Gasteiger partial charge in [0.1, 0.15) is 11.6 Å². The normalized spacial score (nSPS) is 17.4. The predicted molar refractivity (Wildman–Crippen MR) is 88.0 cm³/mol. The summed E-state index contributed by atoms with van der Waals surface area (Å²) in [5.74, 6) is 0.0682. The van der Waals surface area contributed by atoms with E-state index in [0.29, 0.717) is 16.5 Å². The van der Waals surface area contributed by atoms with Crippen molar-refractivity contribution in [1.82, 2.24) is 10.2 Å². The van der Waals surface area contributed by atoms with Crippen LogP contribution < -0.4 is 10.5 Å². The van der Waals surface area contributed by atoms with Gasteiger partial charge < -0.3 is 10.5 Å². The molecule has 0 saturated carbocycles. The summed E-state index contributed by atoms with van der Waals surface area (Å²) in [7, 11) is 0. The number of halogens is 1. The van der Waals surface area contributed by atoms with Gasteiger partial charge in [0.25, 0.3) is 0 Å². The van der Waals surface area contributed by atoms with E-state index >= 15 is 0 Å². The van der Waals surface area contributed by atoms with Gasteiger partial charge in [0.15, 0.2) is 0 Å². The predicted octanol–water partition coefficient (Wildman–Crippen LogP) is 3.58. The first kappa shape index (κ1) is 15.4. The van der Waals surface area contributed by atoms with Crippen LogP contribution in [0.1, 0.15) is 43.5 Å². The Labute approximate surface area is 139 Å². The first-order valence-electron chi connectivity index (χ1n) is 7.25. The Morgan fingerprint density at radius 3 is 2.65 bits per heavy atom. The lowest BCUT2D eigenvalue weighted by atomic mass is 9.79. The maximum absolute atomic E-state index is 9.60. The fourth-order valence-electron chi connectivity index (χ4n) is 2.84. The lowest BCUT2D eigenvalue weighted by molar-refractivity contribution is 0.378. The van der Waals surface area contributed by atoms with Crippen molar-refractivity contribution in [3.63, 3.8) is 0 Å². The first-order chi connectivity index (χ1) is 10.8. The third kappa shape index (κ3) is 2.45. The van der Waals surface area contributed by atoms with Crippen LogP contribution in [0.15, 0.2) is 35.7 Å². The molecule has 5 nitrogen and oxygen atoms in total. The highest BCUT2D eigenvalue weighted by atomic mass is 35.5. The Balaban J connectivity index is 2.31. The highest BCUT2D eigenvalue weighted by Crippen LogP contribution is 2.46. The maximum atomic E-state index is 9.60. The summed E-state index contributed by atoms with van der Waals surface area (Å²) >= 11 is 6.38. The summed E-state index contributed by atoms with van der Waals surface area (Å²) < 4.78 is 5.55. The van der Waals surface area contributed by atoms with Crippen molar-refractivity contribution < 1.29 is 4.74 Å². The zero-order chi connectivity index (χ0) is 16.8. The van der Waals surface area contributed by atoms with E-state index in [1.807, 2.05) is 18.2 Å². The maximum Gasteiger partial charge on any atom is 0.244 e. The molecule has 3 N–H and O–H groups in total. The van der Waals surface area contributed by atoms with E-state index in [4.69, 9.17) is 22.1 Å². The second-order valence-corrected chi connectivity index (χ2v) is 6.92. The van der Waals surface area contributed by atoms with Crippen molar-refractivity contribution in [2.45, 2.75) is 32.1 Å². The van der Waals surface area contributed by atoms with Crippen molar-refractivity contribution in [2.75, 3.05) is 0 Å². The van der Waals surface area contributed by atoms with Gasteiger partial charge in [-0.25, -0.2) is 0 Å². The Hall–Kier alpha value is -2.45. The number of ether oxygens (including phenoxy) is 1. The minimum Gasteiger partial charge on any atom is -0.420 e. The van der Waals surface area contributed by atoms with Crippen LogP contribution in [0.5, 0.6) is 5.88 Å². The average molecular weight is 329 g/mol. The fourth-order valence-corrected chi connectivity index (χ4v) is 3.08. The number of nitrogens with zero attached hydrogens (tertiary/aromatic N) is 2. The van der Waals surface area contributed by atoms with Crippen molar-refractivity contribution in [3.05, 3.63) is 57.6 Å². The van der Waals surface area contributed by atoms with E-state index in [-0.39, 0.29) is 11.3 Å². The number of aromatic nitrogens is 2. The van der Waals surface area contributed by atoms with E-state index in [1.54, 1.807) is 6.07 Å². The molecule has 0 fully saturated rings. The molecule has 6 heteroatoms. The Kier molecular flexibility index (Phi) is 3.57. The third-order valence-electron chi connectivity index (χ3n) is 3.91. The molecule has 0 saturated heterocycles. The lowest BCUT2D eigenvalue weighted by Crippen LogP contribution is -2.24. The second-order valence-electron chi connectivity index (χ2n) is 6.51. The zero-order valence-corrected chi connectivity index (χ0v) is 13.9. The molecule has 0 aliphatic carbocycles. The number of aromatic amines is 1. The summed E-state index contributed by atoms with van der Waals surface area (Å²) in [5.41, 5.74) is 8.61. The zero-order valence-electron chi connectivity index (χ0n) is 13.1. The highest BCUT2D eigenvalue weighted by Gasteiger charge is 2.38. The van der Waals surface area contributed by atoms with E-state index < -0.39 is 5.92 Å². The summed E-state index contributed by atoms with van der Waals surface area (Å²) in [4.78, 5) is 0. The van der Waals surface area contributed by atoms with Gasteiger partial charge in [0, 0.05) is 16.1 Å². The molecule has 1 aliphatic rings. The minimum atomic E-state index is -0.398. The van der Waals surface area contributed by atoms with Gasteiger partial charge >= 0.3 is 0 Å². The average Bonchev–Trinajstić information content (AvgIpc) is 2.90. The van der Waals surface area contributed by atoms with Crippen LogP contribution in [-0.4, -0.2) is 10.2 Å². The Morgan fingerprint density at radius 2 is 2.04 bits per heavy atom. The molecule has 3 rings (SSSR count). The molecule has 2 aromatic rings. The van der Waals surface area contributed by atoms with Gasteiger partial charge in [-0.2, -0.15) is 5.26 Å². The van der Waals surface area contributed by atoms with Crippen molar-refractivity contribution in [1.29, 1.82) is 5.26 Å². The number of H-pyrrole nitrogens is 1. The van der Waals surface area contributed by atoms with E-state index in [1.165, 1.54) is 0 Å². The largest absolute Gasteiger partial charge is 0.420 e. The molecular formula is C17H17ClN4O. The Morgan fingerprint density at radius 1 is 1.35 bits per heavy atom. The number of nitriles is 1. The number of rotatable bonds is 1. The fraction of sp³-hybridized carbons (Fsp3) is 0.294. The summed E-state index contributed by atoms with van der Waals surface area (Å²) in [6, 6.07) is 9.60. The second kappa shape index (κ2) is 5.32. The van der Waals surface area contributed by atoms with E-state index in [9.17, 15) is 5.26 Å². The SMILES string of the molecule is CC(C)(C)c1[nH]nc2c1[C@H](c1ccccc1Cl)C(C#N)=C(N)O2. The summed E-state index contributed by atoms with van der Waals surface area (Å²) in [5, 5.41) is 17.4. The van der Waals surface area contributed by atoms with Crippen LogP contribution in [0.4, 0.5) is 0 Å². The summed E-state index contributed by atoms with van der Waals surface area (Å²) in [6.07, 6.45) is 0. The molecule has 0 spiro atoms. The van der Waals surface area contributed by atoms with Gasteiger partial charge in [0.2, 0.25) is 11.8 Å². The van der Waals surface area contributed by atoms with Crippen LogP contribution in [0, 0.1) is 11.3 Å². The molecule has 1 atom stereocenters. The molecule has 118 valence electrons. The molecule has 1 aliphatic heterocycles. The van der Waals surface area contributed by atoms with Crippen molar-refractivity contribution in [2.24, 2.45) is 5.73 Å². The topological polar surface area (TPSA) is 87.7 Å². The standard InChI is InChI=1S/C17H17ClN4O/c1-17(2,3)14-13-12(9-6-4-5-7-11(9)18)10(8-19)15(20)23-16(13)22-21-14/h4-7,12H,20H2,1-3H3,(H,21,22)/t12-/m1/s1. The smallest absolute Gasteiger partial charge is 0.244 e. The van der Waals surface area contributed by atoms with E-state index in [0.717, 1.165) is 16.8 Å². The molecule has 1 aromatic heterocycles. The highest BCUT2D eigenvalue weighted by molar-refractivity contribution is 6.31. The monoisotopic (exact) mass is 328 g/mol. The molecule has 0 amide bonds. The van der Waals surface area contributed by atoms with Gasteiger partial charge in [0.05, 0.1) is 11.5 Å². The number of hydrogen-bond acceptors (Lipinski definition) is 4. The van der Waals surface area contributed by atoms with Gasteiger partial charge in [-0.15, -0.1) is 5.10 Å². The van der Waals surface area contributed by atoms with Gasteiger partial charge in [-0.3, -0.25) is 5.10 Å². The quantitative estimate of drug-likeness (QED) is 0.837. The molecule has 0 bridgehead atoms. The number of fused-ring (bicyclic) bond motifs is 1. The minimum absolute atomic E-state index is 0.0666. The Bertz CT molecular complexity index is 839. The van der Waals surface area contributed by atoms with Crippen molar-refractivity contribution in [3.8, 4) is 11.9 Å². The molecule has 2 heterocycles. The summed E-state index contributed by atoms with van der Waals surface area (Å²) in [6.45, 7) is 6.20. The molecule has 0 unspecified atom stereocenters. The number of hydrogen-bond donors (Lipinski definition) is 2. The molecule has 0 radical (unpaired) electrons. The van der Waals surface area contributed by atoms with Crippen LogP contribution in [0.25, 0.3) is 0 Å². The number of nitrogens with one attached hydrogen (secondary N) is 1.